The Labute approximate surface area is 204 Å². The third kappa shape index (κ3) is 3.94. The number of nitrogens with zero attached hydrogens (tertiary/aromatic N) is 4. The number of carbonyl (C=O) groups excluding carboxylic acids is 3. The third-order valence-electron chi connectivity index (χ3n) is 8.27. The first-order valence-electron chi connectivity index (χ1n) is 12.2. The number of primary amides is 1. The van der Waals surface area contributed by atoms with Crippen LogP contribution in [0, 0.1) is 28.6 Å². The van der Waals surface area contributed by atoms with Gasteiger partial charge in [-0.05, 0) is 69.8 Å². The van der Waals surface area contributed by atoms with E-state index in [0.717, 1.165) is 32.1 Å². The molecule has 35 heavy (non-hydrogen) atoms. The minimum Gasteiger partial charge on any atom is -0.369 e. The van der Waals surface area contributed by atoms with E-state index < -0.39 is 10.8 Å². The minimum atomic E-state index is -0.763. The summed E-state index contributed by atoms with van der Waals surface area (Å²) in [5.41, 5.74) is 5.05. The van der Waals surface area contributed by atoms with Crippen molar-refractivity contribution in [2.45, 2.75) is 52.0 Å². The molecule has 0 aliphatic heterocycles. The zero-order valence-electron chi connectivity index (χ0n) is 20.4. The van der Waals surface area contributed by atoms with Crippen LogP contribution in [0.15, 0.2) is 30.7 Å². The smallest absolute Gasteiger partial charge is 0.257 e. The van der Waals surface area contributed by atoms with Gasteiger partial charge in [0.2, 0.25) is 11.8 Å². The molecule has 3 amide bonds. The van der Waals surface area contributed by atoms with Crippen LogP contribution in [0.5, 0.6) is 0 Å². The molecule has 4 N–H and O–H groups in total. The zero-order chi connectivity index (χ0) is 25.0. The van der Waals surface area contributed by atoms with E-state index in [-0.39, 0.29) is 35.6 Å². The maximum absolute atomic E-state index is 13.6. The summed E-state index contributed by atoms with van der Waals surface area (Å²) in [5, 5.41) is 14.7. The maximum Gasteiger partial charge on any atom is 0.257 e. The molecule has 10 heteroatoms. The van der Waals surface area contributed by atoms with E-state index >= 15 is 0 Å². The van der Waals surface area contributed by atoms with Crippen molar-refractivity contribution in [2.75, 3.05) is 7.05 Å². The van der Waals surface area contributed by atoms with Crippen molar-refractivity contribution < 1.29 is 14.4 Å². The second-order valence-electron chi connectivity index (χ2n) is 11.0. The third-order valence-corrected chi connectivity index (χ3v) is 8.27. The van der Waals surface area contributed by atoms with E-state index in [1.807, 2.05) is 0 Å². The van der Waals surface area contributed by atoms with Crippen LogP contribution >= 0.6 is 0 Å². The zero-order valence-corrected chi connectivity index (χ0v) is 20.4. The van der Waals surface area contributed by atoms with Crippen molar-refractivity contribution in [3.05, 3.63) is 36.3 Å². The summed E-state index contributed by atoms with van der Waals surface area (Å²) in [4.78, 5) is 38.0. The summed E-state index contributed by atoms with van der Waals surface area (Å²) in [6, 6.07) is 1.79. The van der Waals surface area contributed by atoms with Crippen LogP contribution in [-0.4, -0.2) is 50.4 Å². The average molecular weight is 480 g/mol. The fourth-order valence-corrected chi connectivity index (χ4v) is 6.69. The normalized spacial score (nSPS) is 29.5. The van der Waals surface area contributed by atoms with Crippen LogP contribution in [0.3, 0.4) is 0 Å². The molecule has 2 heterocycles. The molecule has 0 saturated heterocycles. The minimum absolute atomic E-state index is 0.0167. The monoisotopic (exact) mass is 479 g/mol. The lowest BCUT2D eigenvalue weighted by atomic mass is 9.47. The first-order valence-corrected chi connectivity index (χ1v) is 12.2. The quantitative estimate of drug-likeness (QED) is 0.555. The summed E-state index contributed by atoms with van der Waals surface area (Å²) in [6.07, 6.45) is 12.8. The Kier molecular flexibility index (Phi) is 5.56. The first kappa shape index (κ1) is 23.3. The van der Waals surface area contributed by atoms with Gasteiger partial charge in [0.25, 0.3) is 5.91 Å². The standard InChI is InChI=1S/C25H33N7O3/c1-24(2,23(35)27-3)5-8-32-21(31-7-4-6-28-31)18(14-29-32)20(33)30-19-16-9-15-10-17(19)13-25(11-15,12-16)22(26)34/h4-8,14-17,19H,9-13H2,1-3H3,(H2,26,34)(H,27,35)(H,30,33)/b8-5+. The van der Waals surface area contributed by atoms with Crippen molar-refractivity contribution in [3.8, 4) is 5.82 Å². The van der Waals surface area contributed by atoms with Gasteiger partial charge in [0.05, 0.1) is 11.6 Å². The van der Waals surface area contributed by atoms with Crippen molar-refractivity contribution in [1.82, 2.24) is 30.2 Å². The van der Waals surface area contributed by atoms with E-state index in [2.05, 4.69) is 20.8 Å². The highest BCUT2D eigenvalue weighted by atomic mass is 16.2. The highest BCUT2D eigenvalue weighted by Crippen LogP contribution is 2.59. The molecule has 4 aliphatic carbocycles. The number of hydrogen-bond donors (Lipinski definition) is 3. The van der Waals surface area contributed by atoms with E-state index in [4.69, 9.17) is 5.73 Å². The van der Waals surface area contributed by atoms with Gasteiger partial charge >= 0.3 is 0 Å². The largest absolute Gasteiger partial charge is 0.369 e. The fraction of sp³-hybridized carbons (Fsp3) is 0.560. The Bertz CT molecular complexity index is 1160. The van der Waals surface area contributed by atoms with E-state index in [1.54, 1.807) is 61.0 Å². The summed E-state index contributed by atoms with van der Waals surface area (Å²) in [5.74, 6) is 0.998. The van der Waals surface area contributed by atoms with Crippen LogP contribution in [0.1, 0.15) is 56.3 Å². The van der Waals surface area contributed by atoms with Crippen LogP contribution < -0.4 is 16.4 Å². The Hall–Kier alpha value is -3.43. The molecule has 4 bridgehead atoms. The van der Waals surface area contributed by atoms with Crippen LogP contribution in [0.4, 0.5) is 0 Å². The van der Waals surface area contributed by atoms with E-state index in [1.165, 1.54) is 6.20 Å². The van der Waals surface area contributed by atoms with E-state index in [9.17, 15) is 14.4 Å². The molecule has 186 valence electrons. The number of rotatable bonds is 7. The lowest BCUT2D eigenvalue weighted by molar-refractivity contribution is -0.145. The molecular weight excluding hydrogens is 446 g/mol. The topological polar surface area (TPSA) is 137 Å². The van der Waals surface area contributed by atoms with Gasteiger partial charge in [-0.2, -0.15) is 10.2 Å². The molecule has 2 atom stereocenters. The Morgan fingerprint density at radius 1 is 1.17 bits per heavy atom. The summed E-state index contributed by atoms with van der Waals surface area (Å²) >= 11 is 0. The van der Waals surface area contributed by atoms with Crippen molar-refractivity contribution in [2.24, 2.45) is 34.3 Å². The molecule has 2 aromatic heterocycles. The number of carbonyl (C=O) groups is 3. The van der Waals surface area contributed by atoms with Gasteiger partial charge in [0.15, 0.2) is 5.82 Å². The highest BCUT2D eigenvalue weighted by Gasteiger charge is 2.58. The Morgan fingerprint density at radius 3 is 2.49 bits per heavy atom. The van der Waals surface area contributed by atoms with Gasteiger partial charge in [-0.1, -0.05) is 6.08 Å². The number of nitrogens with two attached hydrogens (primary N) is 1. The van der Waals surface area contributed by atoms with Gasteiger partial charge in [0.1, 0.15) is 5.56 Å². The first-order chi connectivity index (χ1) is 16.6. The number of amides is 3. The van der Waals surface area contributed by atoms with Crippen LogP contribution in [0.25, 0.3) is 12.0 Å². The molecule has 4 aliphatic rings. The van der Waals surface area contributed by atoms with Gasteiger partial charge in [-0.15, -0.1) is 0 Å². The molecule has 2 unspecified atom stereocenters. The van der Waals surface area contributed by atoms with Crippen molar-refractivity contribution in [3.63, 3.8) is 0 Å². The molecular formula is C25H33N7O3. The van der Waals surface area contributed by atoms with Gasteiger partial charge in [0, 0.05) is 37.1 Å². The Morgan fingerprint density at radius 2 is 1.89 bits per heavy atom. The van der Waals surface area contributed by atoms with Gasteiger partial charge in [-0.3, -0.25) is 14.4 Å². The summed E-state index contributed by atoms with van der Waals surface area (Å²) in [6.45, 7) is 3.61. The van der Waals surface area contributed by atoms with E-state index in [0.29, 0.717) is 17.3 Å². The predicted molar refractivity (Wildman–Crippen MR) is 129 cm³/mol. The van der Waals surface area contributed by atoms with Crippen LogP contribution in [0.2, 0.25) is 0 Å². The SMILES string of the molecule is CNC(=O)C(C)(C)/C=C/n1ncc(C(=O)NC2C3CC4CC2CC(C(N)=O)(C4)C3)c1-n1cccn1. The average Bonchev–Trinajstić information content (AvgIpc) is 3.48. The number of aromatic nitrogens is 4. The lowest BCUT2D eigenvalue weighted by Gasteiger charge is -2.58. The van der Waals surface area contributed by atoms with Crippen LogP contribution in [-0.2, 0) is 9.59 Å². The van der Waals surface area contributed by atoms with Gasteiger partial charge in [-0.25, -0.2) is 9.36 Å². The molecule has 0 aromatic carbocycles. The molecule has 2 aromatic rings. The molecule has 6 rings (SSSR count). The second-order valence-corrected chi connectivity index (χ2v) is 11.0. The molecule has 4 fully saturated rings. The lowest BCUT2D eigenvalue weighted by Crippen LogP contribution is -2.62. The molecule has 4 saturated carbocycles. The molecule has 0 radical (unpaired) electrons. The maximum atomic E-state index is 13.6. The molecule has 10 nitrogen and oxygen atoms in total. The van der Waals surface area contributed by atoms with Gasteiger partial charge < -0.3 is 16.4 Å². The second kappa shape index (κ2) is 8.35. The predicted octanol–water partition coefficient (Wildman–Crippen LogP) is 1.72. The Balaban J connectivity index is 1.41. The summed E-state index contributed by atoms with van der Waals surface area (Å²) < 4.78 is 3.16. The fourth-order valence-electron chi connectivity index (χ4n) is 6.69. The summed E-state index contributed by atoms with van der Waals surface area (Å²) in [7, 11) is 1.60. The number of hydrogen-bond acceptors (Lipinski definition) is 5. The van der Waals surface area contributed by atoms with Crippen molar-refractivity contribution >= 4 is 23.9 Å². The molecule has 0 spiro atoms. The highest BCUT2D eigenvalue weighted by molar-refractivity contribution is 5.97. The number of nitrogens with one attached hydrogen (secondary N) is 2. The van der Waals surface area contributed by atoms with Crippen molar-refractivity contribution in [1.29, 1.82) is 0 Å².